The molecule has 0 N–H and O–H groups in total. The minimum Gasteiger partial charge on any atom is -0.456 e. The summed E-state index contributed by atoms with van der Waals surface area (Å²) in [5, 5.41) is 3.13. The van der Waals surface area contributed by atoms with Crippen LogP contribution in [0, 0.1) is 0 Å². The zero-order chi connectivity index (χ0) is 25.5. The summed E-state index contributed by atoms with van der Waals surface area (Å²) in [6, 6.07) is 31.2. The summed E-state index contributed by atoms with van der Waals surface area (Å²) in [6.07, 6.45) is 4.36. The summed E-state index contributed by atoms with van der Waals surface area (Å²) in [5.41, 5.74) is 13.0. The minimum absolute atomic E-state index is 0.794. The van der Waals surface area contributed by atoms with E-state index in [0.29, 0.717) is 0 Å². The number of rotatable bonds is 2. The molecular weight excluding hydrogens is 482 g/mol. The molecule has 5 heteroatoms. The molecule has 0 saturated carbocycles. The molecule has 4 heterocycles. The topological polar surface area (TPSA) is 65.0 Å². The van der Waals surface area contributed by atoms with E-state index in [4.69, 9.17) is 13.8 Å². The van der Waals surface area contributed by atoms with Gasteiger partial charge in [-0.1, -0.05) is 42.5 Å². The normalized spacial score (nSPS) is 12.5. The van der Waals surface area contributed by atoms with Gasteiger partial charge in [0.05, 0.1) is 11.4 Å². The van der Waals surface area contributed by atoms with Crippen LogP contribution in [0.1, 0.15) is 11.1 Å². The first-order valence-corrected chi connectivity index (χ1v) is 13.0. The van der Waals surface area contributed by atoms with Gasteiger partial charge in [0.15, 0.2) is 5.58 Å². The zero-order valence-corrected chi connectivity index (χ0v) is 20.7. The number of aromatic nitrogens is 3. The predicted molar refractivity (Wildman–Crippen MR) is 153 cm³/mol. The van der Waals surface area contributed by atoms with Crippen LogP contribution in [-0.2, 0) is 6.42 Å². The molecule has 9 rings (SSSR count). The number of nitrogens with zero attached hydrogens (tertiary/aromatic N) is 3. The van der Waals surface area contributed by atoms with Crippen molar-refractivity contribution in [2.45, 2.75) is 6.42 Å². The van der Waals surface area contributed by atoms with Crippen LogP contribution in [0.3, 0.4) is 0 Å². The van der Waals surface area contributed by atoms with E-state index in [2.05, 4.69) is 64.6 Å². The first-order chi connectivity index (χ1) is 19.3. The van der Waals surface area contributed by atoms with Crippen molar-refractivity contribution in [1.29, 1.82) is 0 Å². The fourth-order valence-electron chi connectivity index (χ4n) is 6.08. The van der Waals surface area contributed by atoms with Crippen molar-refractivity contribution < 1.29 is 8.83 Å². The molecular formula is C34H19N3O2. The average Bonchev–Trinajstić information content (AvgIpc) is 3.67. The van der Waals surface area contributed by atoms with Crippen molar-refractivity contribution in [1.82, 2.24) is 15.0 Å². The number of furan rings is 2. The molecule has 182 valence electrons. The summed E-state index contributed by atoms with van der Waals surface area (Å²) in [5.74, 6) is 0. The van der Waals surface area contributed by atoms with Gasteiger partial charge in [0.1, 0.15) is 28.6 Å². The summed E-state index contributed by atoms with van der Waals surface area (Å²) in [4.78, 5) is 14.0. The van der Waals surface area contributed by atoms with Gasteiger partial charge in [-0.15, -0.1) is 0 Å². The van der Waals surface area contributed by atoms with Gasteiger partial charge in [-0.05, 0) is 59.7 Å². The Morgan fingerprint density at radius 1 is 0.564 bits per heavy atom. The second kappa shape index (κ2) is 7.62. The summed E-state index contributed by atoms with van der Waals surface area (Å²) in [7, 11) is 0. The Morgan fingerprint density at radius 2 is 1.31 bits per heavy atom. The van der Waals surface area contributed by atoms with Crippen molar-refractivity contribution in [2.75, 3.05) is 0 Å². The van der Waals surface area contributed by atoms with Gasteiger partial charge < -0.3 is 8.83 Å². The maximum Gasteiger partial charge on any atom is 0.161 e. The third kappa shape index (κ3) is 2.92. The number of para-hydroxylation sites is 1. The van der Waals surface area contributed by atoms with E-state index in [-0.39, 0.29) is 0 Å². The summed E-state index contributed by atoms with van der Waals surface area (Å²) in [6.45, 7) is 0. The van der Waals surface area contributed by atoms with Gasteiger partial charge in [-0.25, -0.2) is 9.97 Å². The average molecular weight is 502 g/mol. The maximum absolute atomic E-state index is 6.27. The third-order valence-corrected chi connectivity index (χ3v) is 7.90. The van der Waals surface area contributed by atoms with E-state index in [1.165, 1.54) is 16.7 Å². The fraction of sp³-hybridized carbons (Fsp3) is 0.0294. The van der Waals surface area contributed by atoms with Gasteiger partial charge in [-0.3, -0.25) is 4.98 Å². The van der Waals surface area contributed by atoms with Gasteiger partial charge >= 0.3 is 0 Å². The lowest BCUT2D eigenvalue weighted by Crippen LogP contribution is -1.94. The zero-order valence-electron chi connectivity index (χ0n) is 20.7. The molecule has 0 atom stereocenters. The SMILES string of the molecule is c1ccc2c(c1)Cc1c(-c3ccc4oc5ccc(-c6ccnc7c6oc6ccccc67)cc5c4c3)ncnc1-2. The molecule has 1 aliphatic carbocycles. The second-order valence-electron chi connectivity index (χ2n) is 10.0. The Bertz CT molecular complexity index is 2280. The molecule has 4 aromatic heterocycles. The van der Waals surface area contributed by atoms with E-state index >= 15 is 0 Å². The quantitative estimate of drug-likeness (QED) is 0.237. The van der Waals surface area contributed by atoms with Crippen molar-refractivity contribution >= 4 is 44.0 Å². The Morgan fingerprint density at radius 3 is 2.23 bits per heavy atom. The van der Waals surface area contributed by atoms with Crippen LogP contribution in [0.5, 0.6) is 0 Å². The van der Waals surface area contributed by atoms with E-state index in [0.717, 1.165) is 78.5 Å². The standard InChI is InChI=1S/C34H19N3O2/c1-2-6-22-19(5-1)16-27-31(36-18-37-32(22)27)21-10-12-30-26(17-21)25-15-20(9-11-29(25)38-30)23-13-14-35-33-24-7-3-4-8-28(24)39-34(23)33/h1-15,17-18H,16H2. The Balaban J connectivity index is 1.23. The van der Waals surface area contributed by atoms with E-state index in [1.807, 2.05) is 42.6 Å². The monoisotopic (exact) mass is 501 g/mol. The van der Waals surface area contributed by atoms with Crippen molar-refractivity contribution in [3.63, 3.8) is 0 Å². The molecule has 4 aromatic carbocycles. The first-order valence-electron chi connectivity index (χ1n) is 13.0. The molecule has 0 radical (unpaired) electrons. The molecule has 0 amide bonds. The second-order valence-corrected chi connectivity index (χ2v) is 10.0. The van der Waals surface area contributed by atoms with Crippen molar-refractivity contribution in [2.24, 2.45) is 0 Å². The number of hydrogen-bond acceptors (Lipinski definition) is 5. The largest absolute Gasteiger partial charge is 0.456 e. The fourth-order valence-corrected chi connectivity index (χ4v) is 6.08. The van der Waals surface area contributed by atoms with Gasteiger partial charge in [-0.2, -0.15) is 0 Å². The van der Waals surface area contributed by atoms with Crippen molar-refractivity contribution in [3.05, 3.63) is 115 Å². The van der Waals surface area contributed by atoms with E-state index < -0.39 is 0 Å². The molecule has 0 unspecified atom stereocenters. The molecule has 1 aliphatic rings. The van der Waals surface area contributed by atoms with Crippen LogP contribution in [-0.4, -0.2) is 15.0 Å². The number of benzene rings is 4. The van der Waals surface area contributed by atoms with Crippen LogP contribution in [0.25, 0.3) is 77.6 Å². The van der Waals surface area contributed by atoms with E-state index in [1.54, 1.807) is 6.33 Å². The highest BCUT2D eigenvalue weighted by Gasteiger charge is 2.24. The minimum atomic E-state index is 0.794. The number of hydrogen-bond donors (Lipinski definition) is 0. The predicted octanol–water partition coefficient (Wildman–Crippen LogP) is 8.58. The maximum atomic E-state index is 6.27. The Hall–Kier alpha value is -5.29. The lowest BCUT2D eigenvalue weighted by Gasteiger charge is -2.07. The van der Waals surface area contributed by atoms with Crippen LogP contribution in [0.2, 0.25) is 0 Å². The van der Waals surface area contributed by atoms with Gasteiger partial charge in [0, 0.05) is 51.0 Å². The molecule has 0 fully saturated rings. The molecule has 0 spiro atoms. The first kappa shape index (κ1) is 20.7. The molecule has 0 bridgehead atoms. The van der Waals surface area contributed by atoms with Crippen molar-refractivity contribution in [3.8, 4) is 33.6 Å². The Labute approximate surface area is 222 Å². The van der Waals surface area contributed by atoms with Gasteiger partial charge in [0.25, 0.3) is 0 Å². The van der Waals surface area contributed by atoms with Crippen LogP contribution < -0.4 is 0 Å². The summed E-state index contributed by atoms with van der Waals surface area (Å²) < 4.78 is 12.5. The highest BCUT2D eigenvalue weighted by atomic mass is 16.3. The molecule has 0 aliphatic heterocycles. The van der Waals surface area contributed by atoms with Crippen LogP contribution >= 0.6 is 0 Å². The number of fused-ring (bicyclic) bond motifs is 9. The lowest BCUT2D eigenvalue weighted by atomic mass is 10.00. The molecule has 5 nitrogen and oxygen atoms in total. The highest BCUT2D eigenvalue weighted by Crippen LogP contribution is 2.41. The third-order valence-electron chi connectivity index (χ3n) is 7.90. The molecule has 0 saturated heterocycles. The van der Waals surface area contributed by atoms with Crippen LogP contribution in [0.4, 0.5) is 0 Å². The molecule has 39 heavy (non-hydrogen) atoms. The molecule has 8 aromatic rings. The smallest absolute Gasteiger partial charge is 0.161 e. The lowest BCUT2D eigenvalue weighted by molar-refractivity contribution is 0.668. The van der Waals surface area contributed by atoms with E-state index in [9.17, 15) is 0 Å². The Kier molecular flexibility index (Phi) is 4.05. The number of pyridine rings is 1. The summed E-state index contributed by atoms with van der Waals surface area (Å²) >= 11 is 0. The van der Waals surface area contributed by atoms with Gasteiger partial charge in [0.2, 0.25) is 0 Å². The highest BCUT2D eigenvalue weighted by molar-refractivity contribution is 6.10. The van der Waals surface area contributed by atoms with Crippen LogP contribution in [0.15, 0.2) is 112 Å².